The van der Waals surface area contributed by atoms with Crippen LogP contribution < -0.4 is 10.5 Å². The monoisotopic (exact) mass is 341 g/mol. The molecule has 0 heterocycles. The Labute approximate surface area is 139 Å². The highest BCUT2D eigenvalue weighted by atomic mass is 32.2. The molecule has 0 atom stereocenters. The molecular weight excluding hydrogens is 314 g/mol. The van der Waals surface area contributed by atoms with Crippen molar-refractivity contribution in [3.8, 4) is 0 Å². The molecule has 1 aromatic carbocycles. The van der Waals surface area contributed by atoms with E-state index in [-0.39, 0.29) is 16.4 Å². The molecule has 0 saturated carbocycles. The molecule has 0 aromatic heterocycles. The van der Waals surface area contributed by atoms with E-state index in [1.165, 1.54) is 6.07 Å². The predicted molar refractivity (Wildman–Crippen MR) is 91.8 cm³/mol. The summed E-state index contributed by atoms with van der Waals surface area (Å²) in [5.74, 6) is -0.276. The first kappa shape index (κ1) is 19.6. The molecule has 6 nitrogen and oxygen atoms in total. The summed E-state index contributed by atoms with van der Waals surface area (Å²) in [4.78, 5) is 14.1. The zero-order chi connectivity index (χ0) is 17.3. The lowest BCUT2D eigenvalue weighted by Gasteiger charge is -2.19. The van der Waals surface area contributed by atoms with Gasteiger partial charge in [0.15, 0.2) is 0 Å². The molecule has 0 fully saturated rings. The fourth-order valence-electron chi connectivity index (χ4n) is 2.13. The Morgan fingerprint density at radius 3 is 2.57 bits per heavy atom. The molecule has 130 valence electrons. The largest absolute Gasteiger partial charge is 0.342 e. The summed E-state index contributed by atoms with van der Waals surface area (Å²) in [6.07, 6.45) is 3.28. The van der Waals surface area contributed by atoms with Crippen molar-refractivity contribution < 1.29 is 13.2 Å². The molecule has 1 aromatic rings. The molecule has 0 unspecified atom stereocenters. The smallest absolute Gasteiger partial charge is 0.254 e. The number of hydrogen-bond acceptors (Lipinski definition) is 4. The molecule has 0 saturated heterocycles. The van der Waals surface area contributed by atoms with E-state index in [1.54, 1.807) is 30.1 Å². The van der Waals surface area contributed by atoms with Gasteiger partial charge in [-0.05, 0) is 37.9 Å². The second-order valence-corrected chi connectivity index (χ2v) is 7.21. The van der Waals surface area contributed by atoms with Crippen molar-refractivity contribution in [3.05, 3.63) is 29.8 Å². The first-order valence-electron chi connectivity index (χ1n) is 7.98. The van der Waals surface area contributed by atoms with Crippen LogP contribution in [0.25, 0.3) is 0 Å². The van der Waals surface area contributed by atoms with E-state index in [0.29, 0.717) is 26.1 Å². The molecule has 0 aliphatic carbocycles. The van der Waals surface area contributed by atoms with Gasteiger partial charge >= 0.3 is 0 Å². The lowest BCUT2D eigenvalue weighted by atomic mass is 10.2. The lowest BCUT2D eigenvalue weighted by Crippen LogP contribution is -2.31. The molecule has 0 radical (unpaired) electrons. The highest BCUT2D eigenvalue weighted by Gasteiger charge is 2.23. The molecule has 3 N–H and O–H groups in total. The Morgan fingerprint density at radius 2 is 1.91 bits per heavy atom. The summed E-state index contributed by atoms with van der Waals surface area (Å²) in [6, 6.07) is 6.32. The first-order valence-corrected chi connectivity index (χ1v) is 9.46. The zero-order valence-electron chi connectivity index (χ0n) is 13.9. The Kier molecular flexibility index (Phi) is 8.22. The van der Waals surface area contributed by atoms with Crippen LogP contribution in [0.1, 0.15) is 43.0 Å². The lowest BCUT2D eigenvalue weighted by molar-refractivity contribution is 0.0789. The molecule has 23 heavy (non-hydrogen) atoms. The van der Waals surface area contributed by atoms with E-state index < -0.39 is 10.0 Å². The number of hydrogen-bond donors (Lipinski definition) is 2. The number of unbranched alkanes of at least 4 members (excludes halogenated alkanes) is 2. The summed E-state index contributed by atoms with van der Waals surface area (Å²) in [5.41, 5.74) is 5.61. The minimum absolute atomic E-state index is 0.0288. The van der Waals surface area contributed by atoms with E-state index in [9.17, 15) is 13.2 Å². The van der Waals surface area contributed by atoms with Crippen molar-refractivity contribution in [2.75, 3.05) is 26.7 Å². The number of rotatable bonds is 10. The van der Waals surface area contributed by atoms with Gasteiger partial charge in [-0.15, -0.1) is 0 Å². The molecule has 1 rings (SSSR count). The molecule has 0 aliphatic rings. The fourth-order valence-corrected chi connectivity index (χ4v) is 3.40. The van der Waals surface area contributed by atoms with Gasteiger partial charge in [0.2, 0.25) is 10.0 Å². The third kappa shape index (κ3) is 5.93. The van der Waals surface area contributed by atoms with Crippen LogP contribution in [0.3, 0.4) is 0 Å². The number of nitrogens with two attached hydrogens (primary N) is 1. The molecule has 1 amide bonds. The third-order valence-corrected chi connectivity index (χ3v) is 5.04. The molecule has 0 spiro atoms. The number of carbonyl (C=O) groups excluding carboxylic acids is 1. The van der Waals surface area contributed by atoms with Gasteiger partial charge in [0.05, 0.1) is 10.5 Å². The van der Waals surface area contributed by atoms with Crippen LogP contribution in [0, 0.1) is 0 Å². The molecule has 0 aliphatic heterocycles. The summed E-state index contributed by atoms with van der Waals surface area (Å²) in [7, 11) is -2.02. The highest BCUT2D eigenvalue weighted by molar-refractivity contribution is 7.89. The number of benzene rings is 1. The van der Waals surface area contributed by atoms with E-state index in [2.05, 4.69) is 4.72 Å². The SMILES string of the molecule is CCCCN(C)C(=O)c1ccccc1S(=O)(=O)NCCCCN. The highest BCUT2D eigenvalue weighted by Crippen LogP contribution is 2.17. The van der Waals surface area contributed by atoms with Gasteiger partial charge in [0.1, 0.15) is 0 Å². The minimum atomic E-state index is -3.71. The Hall–Kier alpha value is -1.44. The Bertz CT molecular complexity index is 602. The van der Waals surface area contributed by atoms with Crippen LogP contribution in [-0.2, 0) is 10.0 Å². The number of nitrogens with one attached hydrogen (secondary N) is 1. The second-order valence-electron chi connectivity index (χ2n) is 5.47. The fraction of sp³-hybridized carbons (Fsp3) is 0.562. The maximum Gasteiger partial charge on any atom is 0.254 e. The van der Waals surface area contributed by atoms with E-state index >= 15 is 0 Å². The summed E-state index contributed by atoms with van der Waals surface area (Å²) >= 11 is 0. The van der Waals surface area contributed by atoms with E-state index in [4.69, 9.17) is 5.73 Å². The minimum Gasteiger partial charge on any atom is -0.342 e. The number of carbonyl (C=O) groups is 1. The maximum atomic E-state index is 12.5. The molecule has 0 bridgehead atoms. The van der Waals surface area contributed by atoms with Crippen molar-refractivity contribution in [3.63, 3.8) is 0 Å². The maximum absolute atomic E-state index is 12.5. The molecule has 7 heteroatoms. The average Bonchev–Trinajstić information content (AvgIpc) is 2.56. The van der Waals surface area contributed by atoms with Crippen LogP contribution in [0.2, 0.25) is 0 Å². The summed E-state index contributed by atoms with van der Waals surface area (Å²) in [5, 5.41) is 0. The van der Waals surface area contributed by atoms with Crippen LogP contribution in [0.15, 0.2) is 29.2 Å². The Morgan fingerprint density at radius 1 is 1.22 bits per heavy atom. The predicted octanol–water partition coefficient (Wildman–Crippen LogP) is 1.58. The van der Waals surface area contributed by atoms with E-state index in [0.717, 1.165) is 19.3 Å². The van der Waals surface area contributed by atoms with Gasteiger partial charge < -0.3 is 10.6 Å². The normalized spacial score (nSPS) is 11.4. The summed E-state index contributed by atoms with van der Waals surface area (Å²) in [6.45, 7) is 3.49. The van der Waals surface area contributed by atoms with Gasteiger partial charge in [-0.1, -0.05) is 25.5 Å². The number of nitrogens with zero attached hydrogens (tertiary/aromatic N) is 1. The van der Waals surface area contributed by atoms with Crippen molar-refractivity contribution in [2.45, 2.75) is 37.5 Å². The Balaban J connectivity index is 2.93. The van der Waals surface area contributed by atoms with E-state index in [1.807, 2.05) is 6.92 Å². The van der Waals surface area contributed by atoms with Crippen molar-refractivity contribution in [1.29, 1.82) is 0 Å². The molecular formula is C16H27N3O3S. The standard InChI is InChI=1S/C16H27N3O3S/c1-3-4-13-19(2)16(20)14-9-5-6-10-15(14)23(21,22)18-12-8-7-11-17/h5-6,9-10,18H,3-4,7-8,11-13,17H2,1-2H3. The number of sulfonamides is 1. The average molecular weight is 341 g/mol. The van der Waals surface area contributed by atoms with Gasteiger partial charge in [-0.3, -0.25) is 4.79 Å². The summed E-state index contributed by atoms with van der Waals surface area (Å²) < 4.78 is 27.4. The topological polar surface area (TPSA) is 92.5 Å². The van der Waals surface area contributed by atoms with Crippen molar-refractivity contribution >= 4 is 15.9 Å². The van der Waals surface area contributed by atoms with Gasteiger partial charge in [-0.2, -0.15) is 0 Å². The van der Waals surface area contributed by atoms with Crippen LogP contribution in [0.4, 0.5) is 0 Å². The van der Waals surface area contributed by atoms with Crippen LogP contribution in [0.5, 0.6) is 0 Å². The number of amides is 1. The van der Waals surface area contributed by atoms with Crippen molar-refractivity contribution in [2.24, 2.45) is 5.73 Å². The van der Waals surface area contributed by atoms with Crippen LogP contribution >= 0.6 is 0 Å². The third-order valence-electron chi connectivity index (χ3n) is 3.52. The van der Waals surface area contributed by atoms with Gasteiger partial charge in [0.25, 0.3) is 5.91 Å². The van der Waals surface area contributed by atoms with Gasteiger partial charge in [-0.25, -0.2) is 13.1 Å². The quantitative estimate of drug-likeness (QED) is 0.632. The van der Waals surface area contributed by atoms with Gasteiger partial charge in [0, 0.05) is 20.1 Å². The first-order chi connectivity index (χ1) is 10.9. The second kappa shape index (κ2) is 9.64. The van der Waals surface area contributed by atoms with Crippen molar-refractivity contribution in [1.82, 2.24) is 9.62 Å². The van der Waals surface area contributed by atoms with Crippen LogP contribution in [-0.4, -0.2) is 45.9 Å². The zero-order valence-corrected chi connectivity index (χ0v) is 14.7.